The second-order valence-corrected chi connectivity index (χ2v) is 9.18. The van der Waals surface area contributed by atoms with Crippen LogP contribution in [0.3, 0.4) is 0 Å². The van der Waals surface area contributed by atoms with Gasteiger partial charge in [0.05, 0.1) is 23.0 Å². The van der Waals surface area contributed by atoms with Crippen LogP contribution in [0, 0.1) is 11.8 Å². The number of aromatic nitrogens is 4. The Bertz CT molecular complexity index is 1470. The van der Waals surface area contributed by atoms with Crippen LogP contribution in [0.5, 0.6) is 0 Å². The molecule has 9 heteroatoms. The van der Waals surface area contributed by atoms with Crippen molar-refractivity contribution >= 4 is 39.6 Å². The minimum Gasteiger partial charge on any atom is -0.462 e. The van der Waals surface area contributed by atoms with E-state index in [1.54, 1.807) is 13.1 Å². The highest BCUT2D eigenvalue weighted by atomic mass is 16.5. The minimum atomic E-state index is -0.631. The molecule has 170 valence electrons. The highest BCUT2D eigenvalue weighted by Crippen LogP contribution is 2.33. The summed E-state index contributed by atoms with van der Waals surface area (Å²) in [6.45, 7) is 5.92. The number of para-hydroxylation sites is 2. The third-order valence-electron chi connectivity index (χ3n) is 7.11. The van der Waals surface area contributed by atoms with E-state index >= 15 is 0 Å². The van der Waals surface area contributed by atoms with Crippen molar-refractivity contribution in [2.24, 2.45) is 18.9 Å². The molecule has 1 aromatic carbocycles. The van der Waals surface area contributed by atoms with E-state index in [1.807, 2.05) is 40.3 Å². The third kappa shape index (κ3) is 2.88. The van der Waals surface area contributed by atoms with E-state index in [4.69, 9.17) is 9.72 Å². The van der Waals surface area contributed by atoms with Crippen LogP contribution in [0.25, 0.3) is 27.7 Å². The van der Waals surface area contributed by atoms with Crippen molar-refractivity contribution in [1.82, 2.24) is 23.8 Å². The molecular formula is C24H26N6O3. The van der Waals surface area contributed by atoms with E-state index in [0.29, 0.717) is 34.5 Å². The number of imidazole rings is 1. The summed E-state index contributed by atoms with van der Waals surface area (Å²) in [4.78, 5) is 40.4. The monoisotopic (exact) mass is 446 g/mol. The number of aryl methyl sites for hydroxylation is 1. The van der Waals surface area contributed by atoms with Crippen LogP contribution in [0.2, 0.25) is 0 Å². The molecule has 0 saturated carbocycles. The summed E-state index contributed by atoms with van der Waals surface area (Å²) in [5, 5.41) is 0.315. The Morgan fingerprint density at radius 1 is 1.09 bits per heavy atom. The van der Waals surface area contributed by atoms with Gasteiger partial charge in [-0.1, -0.05) is 12.1 Å². The minimum absolute atomic E-state index is 0.0122. The van der Waals surface area contributed by atoms with Gasteiger partial charge in [0.1, 0.15) is 11.2 Å². The predicted molar refractivity (Wildman–Crippen MR) is 126 cm³/mol. The number of rotatable bonds is 3. The van der Waals surface area contributed by atoms with Crippen LogP contribution in [-0.4, -0.2) is 69.6 Å². The summed E-state index contributed by atoms with van der Waals surface area (Å²) in [5.41, 5.74) is 2.37. The van der Waals surface area contributed by atoms with Crippen molar-refractivity contribution in [3.05, 3.63) is 46.2 Å². The van der Waals surface area contributed by atoms with Crippen molar-refractivity contribution in [3.63, 3.8) is 0 Å². The van der Waals surface area contributed by atoms with Crippen molar-refractivity contribution in [2.45, 2.75) is 6.92 Å². The largest absolute Gasteiger partial charge is 0.462 e. The zero-order valence-corrected chi connectivity index (χ0v) is 19.0. The molecule has 4 aromatic rings. The summed E-state index contributed by atoms with van der Waals surface area (Å²) < 4.78 is 9.01. The molecule has 33 heavy (non-hydrogen) atoms. The molecule has 0 amide bonds. The maximum absolute atomic E-state index is 13.5. The van der Waals surface area contributed by atoms with Crippen molar-refractivity contribution < 1.29 is 9.53 Å². The topological polar surface area (TPSA) is 85.0 Å². The number of nitrogens with zero attached hydrogens (tertiary/aromatic N) is 6. The van der Waals surface area contributed by atoms with Gasteiger partial charge in [-0.15, -0.1) is 0 Å². The first-order chi connectivity index (χ1) is 16.0. The number of likely N-dealkylation sites (tertiary alicyclic amines) is 1. The number of anilines is 1. The van der Waals surface area contributed by atoms with Gasteiger partial charge in [0, 0.05) is 39.4 Å². The fourth-order valence-electron chi connectivity index (χ4n) is 5.67. The number of ether oxygens (including phenoxy) is 1. The van der Waals surface area contributed by atoms with Crippen LogP contribution in [0.1, 0.15) is 17.3 Å². The number of pyridine rings is 1. The van der Waals surface area contributed by atoms with Gasteiger partial charge >= 0.3 is 5.97 Å². The van der Waals surface area contributed by atoms with Crippen LogP contribution in [0.4, 0.5) is 5.95 Å². The Hall–Kier alpha value is -3.46. The lowest BCUT2D eigenvalue weighted by Crippen LogP contribution is -2.28. The first-order valence-corrected chi connectivity index (χ1v) is 11.4. The molecule has 6 rings (SSSR count). The molecule has 0 spiro atoms. The first kappa shape index (κ1) is 20.2. The molecule has 5 heterocycles. The van der Waals surface area contributed by atoms with Gasteiger partial charge in [-0.25, -0.2) is 9.78 Å². The van der Waals surface area contributed by atoms with E-state index < -0.39 is 11.4 Å². The van der Waals surface area contributed by atoms with Crippen LogP contribution < -0.4 is 10.3 Å². The van der Waals surface area contributed by atoms with Gasteiger partial charge in [-0.3, -0.25) is 9.20 Å². The van der Waals surface area contributed by atoms with Crippen molar-refractivity contribution in [1.29, 1.82) is 0 Å². The Labute approximate surface area is 190 Å². The highest BCUT2D eigenvalue weighted by Gasteiger charge is 2.39. The van der Waals surface area contributed by atoms with E-state index in [2.05, 4.69) is 21.8 Å². The number of hydrogen-bond acceptors (Lipinski definition) is 7. The quantitative estimate of drug-likeness (QED) is 0.445. The van der Waals surface area contributed by atoms with Gasteiger partial charge < -0.3 is 19.1 Å². The normalized spacial score (nSPS) is 20.9. The lowest BCUT2D eigenvalue weighted by Gasteiger charge is -2.19. The zero-order valence-electron chi connectivity index (χ0n) is 19.0. The summed E-state index contributed by atoms with van der Waals surface area (Å²) in [7, 11) is 4.02. The molecule has 2 unspecified atom stereocenters. The van der Waals surface area contributed by atoms with Gasteiger partial charge in [0.25, 0.3) is 0 Å². The summed E-state index contributed by atoms with van der Waals surface area (Å²) in [5.74, 6) is 1.22. The maximum Gasteiger partial charge on any atom is 0.345 e. The number of carbonyl (C=O) groups is 1. The SMILES string of the molecule is CCOC(=O)c1c(=O)c2cnc(N3CC4CN(C)CC4C3)nc2n2c3ccccc3n(C)c12. The fourth-order valence-corrected chi connectivity index (χ4v) is 5.67. The molecule has 0 bridgehead atoms. The molecule has 2 fully saturated rings. The zero-order chi connectivity index (χ0) is 22.9. The Kier molecular flexibility index (Phi) is 4.45. The van der Waals surface area contributed by atoms with E-state index in [-0.39, 0.29) is 12.2 Å². The Morgan fingerprint density at radius 2 is 1.79 bits per heavy atom. The molecular weight excluding hydrogens is 420 g/mol. The van der Waals surface area contributed by atoms with Gasteiger partial charge in [0.15, 0.2) is 5.65 Å². The van der Waals surface area contributed by atoms with E-state index in [1.165, 1.54) is 0 Å². The first-order valence-electron chi connectivity index (χ1n) is 11.4. The average molecular weight is 447 g/mol. The maximum atomic E-state index is 13.5. The highest BCUT2D eigenvalue weighted by molar-refractivity contribution is 6.03. The fraction of sp³-hybridized carbons (Fsp3) is 0.417. The predicted octanol–water partition coefficient (Wildman–Crippen LogP) is 1.91. The van der Waals surface area contributed by atoms with Gasteiger partial charge in [-0.05, 0) is 37.9 Å². The van der Waals surface area contributed by atoms with Crippen molar-refractivity contribution in [2.75, 3.05) is 44.7 Å². The van der Waals surface area contributed by atoms with Gasteiger partial charge in [0.2, 0.25) is 11.4 Å². The number of carbonyl (C=O) groups excluding carboxylic acids is 1. The smallest absolute Gasteiger partial charge is 0.345 e. The number of esters is 1. The summed E-state index contributed by atoms with van der Waals surface area (Å²) in [6.07, 6.45) is 1.57. The van der Waals surface area contributed by atoms with Crippen LogP contribution in [0.15, 0.2) is 35.3 Å². The lowest BCUT2D eigenvalue weighted by atomic mass is 10.0. The molecule has 2 atom stereocenters. The van der Waals surface area contributed by atoms with Gasteiger partial charge in [-0.2, -0.15) is 4.98 Å². The Balaban J connectivity index is 1.62. The van der Waals surface area contributed by atoms with Crippen LogP contribution >= 0.6 is 0 Å². The molecule has 0 N–H and O–H groups in total. The summed E-state index contributed by atoms with van der Waals surface area (Å²) >= 11 is 0. The Morgan fingerprint density at radius 3 is 2.48 bits per heavy atom. The summed E-state index contributed by atoms with van der Waals surface area (Å²) in [6, 6.07) is 7.81. The molecule has 2 aliphatic rings. The van der Waals surface area contributed by atoms with E-state index in [9.17, 15) is 9.59 Å². The molecule has 9 nitrogen and oxygen atoms in total. The van der Waals surface area contributed by atoms with Crippen LogP contribution in [-0.2, 0) is 11.8 Å². The number of fused-ring (bicyclic) bond motifs is 6. The van der Waals surface area contributed by atoms with Crippen molar-refractivity contribution in [3.8, 4) is 0 Å². The molecule has 3 aromatic heterocycles. The van der Waals surface area contributed by atoms with E-state index in [0.717, 1.165) is 37.2 Å². The molecule has 2 aliphatic heterocycles. The number of hydrogen-bond donors (Lipinski definition) is 0. The molecule has 0 aliphatic carbocycles. The lowest BCUT2D eigenvalue weighted by molar-refractivity contribution is 0.0526. The molecule has 0 radical (unpaired) electrons. The second kappa shape index (κ2) is 7.28. The standard InChI is InChI=1S/C24H26N6O3/c1-4-33-23(32)19-20(31)16-9-25-24(29-12-14-10-27(2)11-15(14)13-29)26-21(16)30-18-8-6-5-7-17(18)28(3)22(19)30/h5-9,14-15H,4,10-13H2,1-3H3. The average Bonchev–Trinajstić information content (AvgIpc) is 3.44. The third-order valence-corrected chi connectivity index (χ3v) is 7.11. The molecule has 2 saturated heterocycles. The number of benzene rings is 1. The second-order valence-electron chi connectivity index (χ2n) is 9.18.